The molecular formula is C20H21Cl2FN6O4S2. The van der Waals surface area contributed by atoms with Gasteiger partial charge in [0, 0.05) is 24.7 Å². The Kier molecular flexibility index (Phi) is 7.69. The summed E-state index contributed by atoms with van der Waals surface area (Å²) in [5.41, 5.74) is 1.52. The topological polar surface area (TPSA) is 121 Å². The number of carbonyl (C=O) groups is 2. The smallest absolute Gasteiger partial charge is 0.437 e. The van der Waals surface area contributed by atoms with Gasteiger partial charge in [0.25, 0.3) is 5.91 Å². The number of aromatic amines is 1. The lowest BCUT2D eigenvalue weighted by molar-refractivity contribution is 0.0894. The fourth-order valence-electron chi connectivity index (χ4n) is 3.49. The minimum Gasteiger partial charge on any atom is -0.437 e. The third-order valence-electron chi connectivity index (χ3n) is 5.30. The number of H-pyrrole nitrogens is 1. The zero-order valence-corrected chi connectivity index (χ0v) is 21.9. The number of ether oxygens (including phenoxy) is 2. The van der Waals surface area contributed by atoms with Crippen molar-refractivity contribution in [2.45, 2.75) is 25.6 Å². The van der Waals surface area contributed by atoms with E-state index in [-0.39, 0.29) is 27.3 Å². The summed E-state index contributed by atoms with van der Waals surface area (Å²) in [5, 5.41) is 9.08. The number of thiazole rings is 2. The Bertz CT molecular complexity index is 1250. The second kappa shape index (κ2) is 10.6. The lowest BCUT2D eigenvalue weighted by Gasteiger charge is -2.34. The molecule has 4 rings (SSSR count). The Morgan fingerprint density at radius 2 is 2.09 bits per heavy atom. The zero-order chi connectivity index (χ0) is 25.3. The SMILES string of the molecule is CNc1nc(-c2nc(N3CC[C@@H](NC(=O)c4[nH]c(C)c(Cl)c4Cl)[C@@H](F)C3)sc2OC(=O)OC)cs1. The van der Waals surface area contributed by atoms with E-state index >= 15 is 4.39 Å². The van der Waals surface area contributed by atoms with Crippen LogP contribution in [0, 0.1) is 6.92 Å². The third-order valence-corrected chi connectivity index (χ3v) is 8.10. The van der Waals surface area contributed by atoms with Crippen molar-refractivity contribution < 1.29 is 23.5 Å². The van der Waals surface area contributed by atoms with E-state index in [1.54, 1.807) is 24.3 Å². The molecule has 0 bridgehead atoms. The van der Waals surface area contributed by atoms with Gasteiger partial charge < -0.3 is 30.0 Å². The van der Waals surface area contributed by atoms with E-state index in [9.17, 15) is 9.59 Å². The Labute approximate surface area is 217 Å². The number of nitrogens with zero attached hydrogens (tertiary/aromatic N) is 3. The van der Waals surface area contributed by atoms with Gasteiger partial charge in [0.05, 0.1) is 29.7 Å². The average Bonchev–Trinajstić information content (AvgIpc) is 3.55. The maximum atomic E-state index is 15.1. The number of amides is 1. The third kappa shape index (κ3) is 5.32. The molecular weight excluding hydrogens is 542 g/mol. The van der Waals surface area contributed by atoms with Crippen molar-refractivity contribution in [3.63, 3.8) is 0 Å². The van der Waals surface area contributed by atoms with Crippen LogP contribution in [0.4, 0.5) is 19.4 Å². The van der Waals surface area contributed by atoms with E-state index in [1.165, 1.54) is 18.4 Å². The van der Waals surface area contributed by atoms with Crippen LogP contribution in [0.5, 0.6) is 5.06 Å². The monoisotopic (exact) mass is 562 g/mol. The van der Waals surface area contributed by atoms with E-state index in [1.807, 2.05) is 0 Å². The fraction of sp³-hybridized carbons (Fsp3) is 0.400. The molecule has 3 N–H and O–H groups in total. The van der Waals surface area contributed by atoms with Gasteiger partial charge in [-0.25, -0.2) is 19.2 Å². The standard InChI is InChI=1S/C20H21Cl2FN6O4S2/c1-8-12(21)13(22)15(25-8)16(30)26-10-4-5-29(6-9(10)23)19-28-14(11-7-34-18(24-2)27-11)17(35-19)33-20(31)32-3/h7,9-10,25H,4-6H2,1-3H3,(H,24,27)(H,26,30)/t9-,10+/m0/s1. The number of anilines is 2. The van der Waals surface area contributed by atoms with Crippen molar-refractivity contribution in [3.8, 4) is 16.5 Å². The minimum absolute atomic E-state index is 0.0212. The van der Waals surface area contributed by atoms with Gasteiger partial charge in [-0.2, -0.15) is 0 Å². The molecule has 10 nitrogen and oxygen atoms in total. The van der Waals surface area contributed by atoms with Crippen LogP contribution in [0.3, 0.4) is 0 Å². The molecule has 0 aromatic carbocycles. The maximum absolute atomic E-state index is 15.1. The number of rotatable bonds is 6. The van der Waals surface area contributed by atoms with Crippen LogP contribution in [-0.4, -0.2) is 66.5 Å². The molecule has 15 heteroatoms. The molecule has 2 atom stereocenters. The highest BCUT2D eigenvalue weighted by molar-refractivity contribution is 7.18. The lowest BCUT2D eigenvalue weighted by atomic mass is 10.0. The molecule has 0 radical (unpaired) electrons. The van der Waals surface area contributed by atoms with Crippen LogP contribution < -0.4 is 20.3 Å². The first-order valence-electron chi connectivity index (χ1n) is 10.4. The summed E-state index contributed by atoms with van der Waals surface area (Å²) in [5.74, 6) is -0.528. The molecule has 4 heterocycles. The van der Waals surface area contributed by atoms with E-state index in [0.717, 1.165) is 11.3 Å². The molecule has 1 fully saturated rings. The van der Waals surface area contributed by atoms with Crippen molar-refractivity contribution in [1.82, 2.24) is 20.3 Å². The largest absolute Gasteiger partial charge is 0.514 e. The van der Waals surface area contributed by atoms with Crippen LogP contribution in [0.2, 0.25) is 10.0 Å². The van der Waals surface area contributed by atoms with E-state index in [2.05, 4.69) is 30.3 Å². The summed E-state index contributed by atoms with van der Waals surface area (Å²) < 4.78 is 25.0. The molecule has 0 saturated carbocycles. The van der Waals surface area contributed by atoms with Gasteiger partial charge in [-0.1, -0.05) is 34.5 Å². The molecule has 0 unspecified atom stereocenters. The molecule has 0 aliphatic carbocycles. The Hall–Kier alpha value is -2.61. The minimum atomic E-state index is -1.38. The Morgan fingerprint density at radius 3 is 2.69 bits per heavy atom. The van der Waals surface area contributed by atoms with Crippen molar-refractivity contribution in [3.05, 3.63) is 26.8 Å². The first-order chi connectivity index (χ1) is 16.7. The lowest BCUT2D eigenvalue weighted by Crippen LogP contribution is -2.52. The van der Waals surface area contributed by atoms with E-state index < -0.39 is 24.3 Å². The van der Waals surface area contributed by atoms with Gasteiger partial charge >= 0.3 is 6.16 Å². The Morgan fingerprint density at radius 1 is 1.31 bits per heavy atom. The summed E-state index contributed by atoms with van der Waals surface area (Å²) in [6.07, 6.45) is -1.96. The fourth-order valence-corrected chi connectivity index (χ4v) is 5.51. The van der Waals surface area contributed by atoms with Gasteiger partial charge in [-0.15, -0.1) is 11.3 Å². The predicted molar refractivity (Wildman–Crippen MR) is 134 cm³/mol. The molecule has 1 aliphatic heterocycles. The first kappa shape index (κ1) is 25.5. The number of aromatic nitrogens is 3. The second-order valence-electron chi connectivity index (χ2n) is 7.56. The number of hydrogen-bond donors (Lipinski definition) is 3. The molecule has 3 aromatic heterocycles. The molecule has 3 aromatic rings. The summed E-state index contributed by atoms with van der Waals surface area (Å²) in [4.78, 5) is 37.9. The Balaban J connectivity index is 1.49. The number of aryl methyl sites for hydroxylation is 1. The van der Waals surface area contributed by atoms with Crippen LogP contribution in [0.1, 0.15) is 22.6 Å². The molecule has 1 amide bonds. The number of carbonyl (C=O) groups excluding carboxylic acids is 2. The average molecular weight is 563 g/mol. The number of nitrogens with one attached hydrogen (secondary N) is 3. The first-order valence-corrected chi connectivity index (χ1v) is 12.8. The van der Waals surface area contributed by atoms with Crippen molar-refractivity contribution >= 4 is 68.2 Å². The second-order valence-corrected chi connectivity index (χ2v) is 10.1. The summed E-state index contributed by atoms with van der Waals surface area (Å²) in [6.45, 7) is 2.08. The van der Waals surface area contributed by atoms with E-state index in [0.29, 0.717) is 40.3 Å². The number of piperidine rings is 1. The highest BCUT2D eigenvalue weighted by Crippen LogP contribution is 2.41. The molecule has 1 aliphatic rings. The summed E-state index contributed by atoms with van der Waals surface area (Å²) >= 11 is 14.6. The number of methoxy groups -OCH3 is 1. The van der Waals surface area contributed by atoms with Gasteiger partial charge in [0.15, 0.2) is 10.3 Å². The molecule has 1 saturated heterocycles. The maximum Gasteiger partial charge on any atom is 0.514 e. The number of alkyl halides is 1. The van der Waals surface area contributed by atoms with Crippen molar-refractivity contribution in [2.75, 3.05) is 37.5 Å². The zero-order valence-electron chi connectivity index (χ0n) is 18.8. The van der Waals surface area contributed by atoms with Crippen LogP contribution in [0.25, 0.3) is 11.4 Å². The van der Waals surface area contributed by atoms with Crippen LogP contribution in [0.15, 0.2) is 5.38 Å². The molecule has 188 valence electrons. The highest BCUT2D eigenvalue weighted by Gasteiger charge is 2.34. The summed E-state index contributed by atoms with van der Waals surface area (Å²) in [7, 11) is 2.94. The normalized spacial score (nSPS) is 17.8. The van der Waals surface area contributed by atoms with E-state index in [4.69, 9.17) is 27.9 Å². The van der Waals surface area contributed by atoms with Crippen LogP contribution >= 0.6 is 45.9 Å². The van der Waals surface area contributed by atoms with Gasteiger partial charge in [-0.05, 0) is 13.3 Å². The molecule has 0 spiro atoms. The predicted octanol–water partition coefficient (Wildman–Crippen LogP) is 4.74. The van der Waals surface area contributed by atoms with Crippen molar-refractivity contribution in [2.24, 2.45) is 0 Å². The quantitative estimate of drug-likeness (QED) is 0.368. The van der Waals surface area contributed by atoms with Gasteiger partial charge in [0.1, 0.15) is 23.3 Å². The highest BCUT2D eigenvalue weighted by atomic mass is 35.5. The number of halogens is 3. The van der Waals surface area contributed by atoms with Gasteiger partial charge in [0.2, 0.25) is 5.06 Å². The number of hydrogen-bond acceptors (Lipinski definition) is 10. The van der Waals surface area contributed by atoms with Crippen molar-refractivity contribution in [1.29, 1.82) is 0 Å². The summed E-state index contributed by atoms with van der Waals surface area (Å²) in [6, 6.07) is -0.723. The molecule has 35 heavy (non-hydrogen) atoms. The van der Waals surface area contributed by atoms with Crippen LogP contribution in [-0.2, 0) is 4.74 Å². The van der Waals surface area contributed by atoms with Gasteiger partial charge in [-0.3, -0.25) is 4.79 Å².